The largest absolute Gasteiger partial charge is 0.465 e. The van der Waals surface area contributed by atoms with E-state index in [1.165, 1.54) is 65.6 Å². The van der Waals surface area contributed by atoms with E-state index in [1.54, 1.807) is 13.8 Å². The number of hydrogen-bond acceptors (Lipinski definition) is 12. The van der Waals surface area contributed by atoms with Crippen molar-refractivity contribution in [3.63, 3.8) is 0 Å². The van der Waals surface area contributed by atoms with Crippen LogP contribution in [0.4, 0.5) is 0 Å². The van der Waals surface area contributed by atoms with E-state index in [1.807, 2.05) is 0 Å². The van der Waals surface area contributed by atoms with E-state index in [0.29, 0.717) is 12.8 Å². The smallest absolute Gasteiger partial charge is 0.333 e. The summed E-state index contributed by atoms with van der Waals surface area (Å²) in [5, 5.41) is 0. The number of rotatable bonds is 27. The van der Waals surface area contributed by atoms with Gasteiger partial charge in [0.15, 0.2) is 0 Å². The molecule has 0 bridgehead atoms. The zero-order valence-corrected chi connectivity index (χ0v) is 41.5. The lowest BCUT2D eigenvalue weighted by molar-refractivity contribution is -0.158. The average Bonchev–Trinajstić information content (AvgIpc) is 3.29. The molecule has 3 aromatic rings. The van der Waals surface area contributed by atoms with Crippen molar-refractivity contribution in [2.24, 2.45) is 0 Å². The Morgan fingerprint density at radius 2 is 0.866 bits per heavy atom. The maximum Gasteiger partial charge on any atom is 0.333 e. The number of ether oxygens (including phenoxy) is 6. The summed E-state index contributed by atoms with van der Waals surface area (Å²) >= 11 is 0. The van der Waals surface area contributed by atoms with Crippen LogP contribution in [0.25, 0.3) is 0 Å². The Kier molecular flexibility index (Phi) is 26.4. The van der Waals surface area contributed by atoms with Gasteiger partial charge in [-0.25, -0.2) is 9.59 Å². The molecule has 2 unspecified atom stereocenters. The molecule has 12 nitrogen and oxygen atoms in total. The third-order valence-electron chi connectivity index (χ3n) is 11.0. The summed E-state index contributed by atoms with van der Waals surface area (Å²) in [4.78, 5) is 70.1. The van der Waals surface area contributed by atoms with Crippen LogP contribution in [0.5, 0.6) is 0 Å². The summed E-state index contributed by atoms with van der Waals surface area (Å²) in [6, 6.07) is 19.1. The molecule has 0 radical (unpaired) electrons. The fourth-order valence-electron chi connectivity index (χ4n) is 6.55. The highest BCUT2D eigenvalue weighted by Crippen LogP contribution is 2.23. The van der Waals surface area contributed by atoms with Crippen LogP contribution in [0.15, 0.2) is 78.9 Å². The molecule has 0 heterocycles. The van der Waals surface area contributed by atoms with Crippen LogP contribution in [-0.4, -0.2) is 74.5 Å². The van der Waals surface area contributed by atoms with Crippen molar-refractivity contribution in [1.82, 2.24) is 0 Å². The van der Waals surface area contributed by atoms with Crippen molar-refractivity contribution in [1.29, 1.82) is 0 Å². The lowest BCUT2D eigenvalue weighted by atomic mass is 9.91. The zero-order chi connectivity index (χ0) is 49.9. The molecule has 0 amide bonds. The maximum absolute atomic E-state index is 12.0. The Hall–Kier alpha value is -6.04. The molecule has 67 heavy (non-hydrogen) atoms. The fraction of sp³-hybridized carbons (Fsp3) is 0.491. The van der Waals surface area contributed by atoms with Crippen LogP contribution in [-0.2, 0) is 89.3 Å². The predicted octanol–water partition coefficient (Wildman–Crippen LogP) is 9.96. The van der Waals surface area contributed by atoms with E-state index in [0.717, 1.165) is 36.8 Å². The number of unbranched alkanes of at least 4 members (excludes halogenated alkanes) is 1. The summed E-state index contributed by atoms with van der Waals surface area (Å²) in [5.74, 6) is -3.04. The highest BCUT2D eigenvalue weighted by molar-refractivity contribution is 5.87. The van der Waals surface area contributed by atoms with Gasteiger partial charge in [0.25, 0.3) is 0 Å². The van der Waals surface area contributed by atoms with Crippen molar-refractivity contribution in [2.45, 2.75) is 152 Å². The lowest BCUT2D eigenvalue weighted by Crippen LogP contribution is -2.23. The van der Waals surface area contributed by atoms with E-state index in [9.17, 15) is 28.8 Å². The van der Waals surface area contributed by atoms with Gasteiger partial charge in [-0.3, -0.25) is 19.2 Å². The second-order valence-corrected chi connectivity index (χ2v) is 17.1. The van der Waals surface area contributed by atoms with Gasteiger partial charge in [-0.05, 0) is 138 Å². The minimum absolute atomic E-state index is 0.0485. The molecule has 12 heteroatoms. The van der Waals surface area contributed by atoms with Crippen molar-refractivity contribution in [3.05, 3.63) is 129 Å². The van der Waals surface area contributed by atoms with Crippen molar-refractivity contribution >= 4 is 35.8 Å². The van der Waals surface area contributed by atoms with Crippen molar-refractivity contribution < 1.29 is 57.2 Å². The van der Waals surface area contributed by atoms with Gasteiger partial charge in [-0.15, -0.1) is 0 Å². The van der Waals surface area contributed by atoms with Crippen LogP contribution in [0.2, 0.25) is 0 Å². The Balaban J connectivity index is 0.000000478. The molecule has 0 spiro atoms. The van der Waals surface area contributed by atoms with Crippen LogP contribution in [0.3, 0.4) is 0 Å². The first kappa shape index (κ1) is 57.1. The van der Waals surface area contributed by atoms with E-state index in [-0.39, 0.29) is 63.3 Å². The van der Waals surface area contributed by atoms with Crippen LogP contribution in [0, 0.1) is 27.7 Å². The summed E-state index contributed by atoms with van der Waals surface area (Å²) in [5.41, 5.74) is 12.4. The average molecular weight is 927 g/mol. The molecule has 3 aromatic carbocycles. The third kappa shape index (κ3) is 23.8. The standard InChI is InChI=1S/C32H42O6.C23H32O6/c1-21(2)32(35)37-20-23(4)38-31(34)16-15-30(33)36-18-17-28-13-11-27(12-14-28)9-8-10-29-19-22(3)24(5)25(6)26(29)7;1-5-6-7-19-8-10-20(11-9-19)14-15-27-21(24)12-13-22(25)29-18(4)16-28-23(26)17(2)3/h11-14,19,23H,1,8-10,15-18,20H2,2-7H3;8-11,18H,2,5-7,12-16H2,1,3-4H3. The quantitative estimate of drug-likeness (QED) is 0.0406. The molecule has 0 aromatic heterocycles. The van der Waals surface area contributed by atoms with E-state index in [4.69, 9.17) is 28.4 Å². The number of benzene rings is 3. The Morgan fingerprint density at radius 1 is 0.493 bits per heavy atom. The topological polar surface area (TPSA) is 158 Å². The number of carbonyl (C=O) groups excluding carboxylic acids is 6. The molecule has 0 aliphatic rings. The molecule has 0 saturated carbocycles. The van der Waals surface area contributed by atoms with Gasteiger partial charge in [0.1, 0.15) is 25.4 Å². The molecule has 0 N–H and O–H groups in total. The maximum atomic E-state index is 12.0. The SMILES string of the molecule is C=C(C)C(=O)OCC(C)OC(=O)CCC(=O)OCCc1ccc(CCCC)cc1.C=C(C)C(=O)OCC(C)OC(=O)CCC(=O)OCCc1ccc(CCCc2cc(C)c(C)c(C)c2C)cc1. The minimum atomic E-state index is -0.607. The number of esters is 6. The second kappa shape index (κ2) is 31.0. The van der Waals surface area contributed by atoms with Gasteiger partial charge in [0.2, 0.25) is 0 Å². The third-order valence-corrected chi connectivity index (χ3v) is 11.0. The summed E-state index contributed by atoms with van der Waals surface area (Å²) < 4.78 is 30.5. The first-order chi connectivity index (χ1) is 31.8. The first-order valence-corrected chi connectivity index (χ1v) is 23.4. The summed E-state index contributed by atoms with van der Waals surface area (Å²) in [6.45, 7) is 24.6. The molecule has 366 valence electrons. The summed E-state index contributed by atoms with van der Waals surface area (Å²) in [7, 11) is 0. The van der Waals surface area contributed by atoms with Gasteiger partial charge in [-0.2, -0.15) is 0 Å². The van der Waals surface area contributed by atoms with Gasteiger partial charge in [0.05, 0.1) is 38.9 Å². The molecule has 3 rings (SSSR count). The van der Waals surface area contributed by atoms with Gasteiger partial charge in [-0.1, -0.05) is 81.1 Å². The Bertz CT molecular complexity index is 2100. The predicted molar refractivity (Wildman–Crippen MR) is 259 cm³/mol. The normalized spacial score (nSPS) is 11.5. The molecular weight excluding hydrogens is 853 g/mol. The molecular formula is C55H74O12. The minimum Gasteiger partial charge on any atom is -0.465 e. The number of carbonyl (C=O) groups is 6. The Morgan fingerprint density at radius 3 is 1.25 bits per heavy atom. The monoisotopic (exact) mass is 927 g/mol. The van der Waals surface area contributed by atoms with Crippen LogP contribution < -0.4 is 0 Å². The van der Waals surface area contributed by atoms with E-state index < -0.39 is 48.0 Å². The number of aryl methyl sites for hydroxylation is 4. The van der Waals surface area contributed by atoms with E-state index in [2.05, 4.69) is 102 Å². The van der Waals surface area contributed by atoms with Gasteiger partial charge in [0, 0.05) is 24.0 Å². The first-order valence-electron chi connectivity index (χ1n) is 23.4. The lowest BCUT2D eigenvalue weighted by Gasteiger charge is -2.14. The fourth-order valence-corrected chi connectivity index (χ4v) is 6.55. The molecule has 0 aliphatic carbocycles. The molecule has 0 aliphatic heterocycles. The second-order valence-electron chi connectivity index (χ2n) is 17.1. The van der Waals surface area contributed by atoms with Crippen molar-refractivity contribution in [2.75, 3.05) is 26.4 Å². The van der Waals surface area contributed by atoms with Crippen LogP contribution in [0.1, 0.15) is 130 Å². The molecule has 2 atom stereocenters. The highest BCUT2D eigenvalue weighted by Gasteiger charge is 2.17. The van der Waals surface area contributed by atoms with Crippen molar-refractivity contribution in [3.8, 4) is 0 Å². The van der Waals surface area contributed by atoms with Gasteiger partial charge >= 0.3 is 35.8 Å². The summed E-state index contributed by atoms with van der Waals surface area (Å²) in [6.07, 6.45) is 6.39. The zero-order valence-electron chi connectivity index (χ0n) is 41.5. The highest BCUT2D eigenvalue weighted by atomic mass is 16.6. The molecule has 0 saturated heterocycles. The Labute approximate surface area is 398 Å². The van der Waals surface area contributed by atoms with Gasteiger partial charge < -0.3 is 28.4 Å². The van der Waals surface area contributed by atoms with E-state index >= 15 is 0 Å². The van der Waals surface area contributed by atoms with Crippen LogP contribution >= 0.6 is 0 Å². The molecule has 0 fully saturated rings. The number of hydrogen-bond donors (Lipinski definition) is 0.